The molecule has 0 atom stereocenters. The number of benzene rings is 1. The molecule has 0 saturated carbocycles. The van der Waals surface area contributed by atoms with Gasteiger partial charge in [0.05, 0.1) is 18.2 Å². The van der Waals surface area contributed by atoms with Crippen LogP contribution in [0.2, 0.25) is 0 Å². The second-order valence-corrected chi connectivity index (χ2v) is 5.09. The second kappa shape index (κ2) is 5.70. The van der Waals surface area contributed by atoms with Crippen LogP contribution in [0.1, 0.15) is 36.7 Å². The molecule has 0 saturated heterocycles. The molecule has 0 unspecified atom stereocenters. The SMILES string of the molecule is Cc1cc(=O)c(CC#N)nn1-c1ccc(C(C)C)cc1. The van der Waals surface area contributed by atoms with Gasteiger partial charge < -0.3 is 0 Å². The van der Waals surface area contributed by atoms with Gasteiger partial charge in [0.25, 0.3) is 0 Å². The Bertz CT molecular complexity index is 706. The Balaban J connectivity index is 2.49. The summed E-state index contributed by atoms with van der Waals surface area (Å²) in [6, 6.07) is 11.6. The lowest BCUT2D eigenvalue weighted by molar-refractivity contribution is 0.765. The number of nitriles is 1. The highest BCUT2D eigenvalue weighted by Crippen LogP contribution is 2.17. The maximum Gasteiger partial charge on any atom is 0.204 e. The molecule has 0 fully saturated rings. The summed E-state index contributed by atoms with van der Waals surface area (Å²) < 4.78 is 1.71. The third kappa shape index (κ3) is 2.77. The number of rotatable bonds is 3. The maximum absolute atomic E-state index is 11.7. The maximum atomic E-state index is 11.7. The summed E-state index contributed by atoms with van der Waals surface area (Å²) in [6.45, 7) is 6.12. The number of hydrogen-bond donors (Lipinski definition) is 0. The van der Waals surface area contributed by atoms with E-state index in [0.717, 1.165) is 11.4 Å². The highest BCUT2D eigenvalue weighted by atomic mass is 16.1. The number of hydrogen-bond acceptors (Lipinski definition) is 3. The minimum atomic E-state index is -0.181. The summed E-state index contributed by atoms with van der Waals surface area (Å²) in [5.74, 6) is 0.473. The molecule has 2 aromatic rings. The van der Waals surface area contributed by atoms with E-state index in [2.05, 4.69) is 31.1 Å². The van der Waals surface area contributed by atoms with E-state index in [0.29, 0.717) is 5.92 Å². The molecule has 0 aliphatic carbocycles. The molecule has 4 nitrogen and oxygen atoms in total. The van der Waals surface area contributed by atoms with Crippen molar-refractivity contribution in [1.29, 1.82) is 5.26 Å². The Hall–Kier alpha value is -2.41. The average molecular weight is 267 g/mol. The lowest BCUT2D eigenvalue weighted by atomic mass is 10.0. The first kappa shape index (κ1) is 14.0. The van der Waals surface area contributed by atoms with E-state index in [1.807, 2.05) is 25.1 Å². The third-order valence-corrected chi connectivity index (χ3v) is 3.23. The quantitative estimate of drug-likeness (QED) is 0.859. The number of aromatic nitrogens is 2. The van der Waals surface area contributed by atoms with Crippen LogP contribution in [0.25, 0.3) is 5.69 Å². The molecular weight excluding hydrogens is 250 g/mol. The summed E-state index contributed by atoms with van der Waals surface area (Å²) in [5.41, 5.74) is 3.01. The van der Waals surface area contributed by atoms with E-state index < -0.39 is 0 Å². The van der Waals surface area contributed by atoms with E-state index in [1.54, 1.807) is 4.68 Å². The first-order valence-electron chi connectivity index (χ1n) is 6.60. The molecule has 0 N–H and O–H groups in total. The van der Waals surface area contributed by atoms with Crippen LogP contribution in [-0.4, -0.2) is 9.78 Å². The topological polar surface area (TPSA) is 58.7 Å². The molecular formula is C16H17N3O. The molecule has 0 bridgehead atoms. The fourth-order valence-corrected chi connectivity index (χ4v) is 2.04. The summed E-state index contributed by atoms with van der Waals surface area (Å²) in [6.07, 6.45) is 0.0309. The molecule has 4 heteroatoms. The minimum Gasteiger partial charge on any atom is -0.288 e. The van der Waals surface area contributed by atoms with Crippen LogP contribution >= 0.6 is 0 Å². The first-order chi connectivity index (χ1) is 9.52. The van der Waals surface area contributed by atoms with Crippen LogP contribution in [0.5, 0.6) is 0 Å². The van der Waals surface area contributed by atoms with E-state index in [9.17, 15) is 4.79 Å². The zero-order valence-corrected chi connectivity index (χ0v) is 11.9. The fourth-order valence-electron chi connectivity index (χ4n) is 2.04. The van der Waals surface area contributed by atoms with Crippen molar-refractivity contribution in [2.75, 3.05) is 0 Å². The van der Waals surface area contributed by atoms with Crippen molar-refractivity contribution in [2.24, 2.45) is 0 Å². The lowest BCUT2D eigenvalue weighted by Crippen LogP contribution is -2.18. The molecule has 1 heterocycles. The molecule has 1 aromatic heterocycles. The van der Waals surface area contributed by atoms with Crippen molar-refractivity contribution in [3.63, 3.8) is 0 Å². The summed E-state index contributed by atoms with van der Waals surface area (Å²) in [7, 11) is 0. The fraction of sp³-hybridized carbons (Fsp3) is 0.312. The van der Waals surface area contributed by atoms with Crippen molar-refractivity contribution in [2.45, 2.75) is 33.1 Å². The zero-order valence-electron chi connectivity index (χ0n) is 11.9. The van der Waals surface area contributed by atoms with Crippen molar-refractivity contribution in [3.05, 3.63) is 57.5 Å². The van der Waals surface area contributed by atoms with Gasteiger partial charge in [-0.15, -0.1) is 0 Å². The van der Waals surface area contributed by atoms with Crippen molar-refractivity contribution in [3.8, 4) is 11.8 Å². The lowest BCUT2D eigenvalue weighted by Gasteiger charge is -2.12. The molecule has 0 spiro atoms. The molecule has 0 amide bonds. The van der Waals surface area contributed by atoms with Crippen molar-refractivity contribution >= 4 is 0 Å². The van der Waals surface area contributed by atoms with Gasteiger partial charge in [-0.25, -0.2) is 4.68 Å². The highest BCUT2D eigenvalue weighted by Gasteiger charge is 2.08. The monoisotopic (exact) mass is 267 g/mol. The van der Waals surface area contributed by atoms with Crippen LogP contribution < -0.4 is 5.43 Å². The van der Waals surface area contributed by atoms with Crippen molar-refractivity contribution in [1.82, 2.24) is 9.78 Å². The van der Waals surface area contributed by atoms with Crippen LogP contribution in [0, 0.1) is 18.3 Å². The Kier molecular flexibility index (Phi) is 3.99. The smallest absolute Gasteiger partial charge is 0.204 e. The number of aryl methyl sites for hydroxylation is 1. The first-order valence-corrected chi connectivity index (χ1v) is 6.60. The largest absolute Gasteiger partial charge is 0.288 e. The normalized spacial score (nSPS) is 10.6. The second-order valence-electron chi connectivity index (χ2n) is 5.09. The van der Waals surface area contributed by atoms with Gasteiger partial charge >= 0.3 is 0 Å². The Morgan fingerprint density at radius 1 is 1.30 bits per heavy atom. The summed E-state index contributed by atoms with van der Waals surface area (Å²) in [4.78, 5) is 11.7. The summed E-state index contributed by atoms with van der Waals surface area (Å²) in [5, 5.41) is 13.0. The Morgan fingerprint density at radius 3 is 2.50 bits per heavy atom. The molecule has 102 valence electrons. The van der Waals surface area contributed by atoms with Gasteiger partial charge in [-0.1, -0.05) is 26.0 Å². The van der Waals surface area contributed by atoms with Crippen LogP contribution in [0.15, 0.2) is 35.1 Å². The minimum absolute atomic E-state index is 0.0309. The van der Waals surface area contributed by atoms with Gasteiger partial charge in [0.2, 0.25) is 5.43 Å². The van der Waals surface area contributed by atoms with Gasteiger partial charge in [0.15, 0.2) is 0 Å². The predicted octanol–water partition coefficient (Wildman–Crippen LogP) is 2.73. The van der Waals surface area contributed by atoms with E-state index in [-0.39, 0.29) is 17.5 Å². The number of nitrogens with zero attached hydrogens (tertiary/aromatic N) is 3. The molecule has 2 rings (SSSR count). The van der Waals surface area contributed by atoms with E-state index in [4.69, 9.17) is 5.26 Å². The van der Waals surface area contributed by atoms with Gasteiger partial charge in [0, 0.05) is 11.8 Å². The van der Waals surface area contributed by atoms with Gasteiger partial charge in [0.1, 0.15) is 5.69 Å². The molecule has 0 aliphatic heterocycles. The molecule has 0 radical (unpaired) electrons. The average Bonchev–Trinajstić information content (AvgIpc) is 2.42. The Labute approximate surface area is 118 Å². The van der Waals surface area contributed by atoms with Crippen LogP contribution in [-0.2, 0) is 6.42 Å². The van der Waals surface area contributed by atoms with E-state index in [1.165, 1.54) is 11.6 Å². The third-order valence-electron chi connectivity index (χ3n) is 3.23. The standard InChI is InChI=1S/C16H17N3O/c1-11(2)13-4-6-14(7-5-13)19-12(3)10-16(20)15(18-19)8-9-17/h4-7,10-11H,8H2,1-3H3. The molecule has 1 aromatic carbocycles. The predicted molar refractivity (Wildman–Crippen MR) is 78.0 cm³/mol. The van der Waals surface area contributed by atoms with Crippen LogP contribution in [0.3, 0.4) is 0 Å². The van der Waals surface area contributed by atoms with Crippen LogP contribution in [0.4, 0.5) is 0 Å². The highest BCUT2D eigenvalue weighted by molar-refractivity contribution is 5.36. The van der Waals surface area contributed by atoms with Gasteiger partial charge in [-0.05, 0) is 30.5 Å². The summed E-state index contributed by atoms with van der Waals surface area (Å²) >= 11 is 0. The Morgan fingerprint density at radius 2 is 1.95 bits per heavy atom. The molecule has 20 heavy (non-hydrogen) atoms. The zero-order chi connectivity index (χ0) is 14.7. The van der Waals surface area contributed by atoms with Gasteiger partial charge in [-0.2, -0.15) is 10.4 Å². The molecule has 0 aliphatic rings. The van der Waals surface area contributed by atoms with E-state index >= 15 is 0 Å². The van der Waals surface area contributed by atoms with Gasteiger partial charge in [-0.3, -0.25) is 4.79 Å². The van der Waals surface area contributed by atoms with Crippen molar-refractivity contribution < 1.29 is 0 Å².